The van der Waals surface area contributed by atoms with Crippen molar-refractivity contribution in [2.24, 2.45) is 0 Å². The molecular formula is C15H14NO6S-. The van der Waals surface area contributed by atoms with E-state index in [0.717, 1.165) is 11.8 Å². The Morgan fingerprint density at radius 1 is 1.35 bits per heavy atom. The zero-order valence-corrected chi connectivity index (χ0v) is 13.1. The molecular weight excluding hydrogens is 322 g/mol. The molecule has 0 aliphatic carbocycles. The number of hydrogen-bond donors (Lipinski definition) is 1. The molecule has 1 aliphatic rings. The summed E-state index contributed by atoms with van der Waals surface area (Å²) in [6.07, 6.45) is 1.83. The lowest BCUT2D eigenvalue weighted by atomic mass is 10.2. The minimum atomic E-state index is -1.12. The molecule has 122 valence electrons. The van der Waals surface area contributed by atoms with Gasteiger partial charge < -0.3 is 19.4 Å². The third-order valence-electron chi connectivity index (χ3n) is 2.91. The maximum Gasteiger partial charge on any atom is 0.290 e. The van der Waals surface area contributed by atoms with Gasteiger partial charge in [-0.05, 0) is 48.4 Å². The average molecular weight is 336 g/mol. The van der Waals surface area contributed by atoms with Crippen LogP contribution in [0.5, 0.6) is 11.5 Å². The van der Waals surface area contributed by atoms with Crippen LogP contribution in [0.4, 0.5) is 4.79 Å². The van der Waals surface area contributed by atoms with Gasteiger partial charge in [-0.2, -0.15) is 0 Å². The summed E-state index contributed by atoms with van der Waals surface area (Å²) in [6.45, 7) is 0.220. The van der Waals surface area contributed by atoms with Crippen LogP contribution in [0.3, 0.4) is 0 Å². The van der Waals surface area contributed by atoms with Crippen molar-refractivity contribution in [2.45, 2.75) is 12.8 Å². The standard InChI is InChI=1S/C15H15NO6S/c1-21-11-7-9(8-12-14(19)16-15(20)23-12)4-5-10(11)22-6-2-3-13(17)18/h4-5,7-8H,2-3,6H2,1H3,(H,17,18)(H,16,19,20)/p-1/b12-8+. The van der Waals surface area contributed by atoms with E-state index >= 15 is 0 Å². The zero-order chi connectivity index (χ0) is 16.8. The minimum Gasteiger partial charge on any atom is -0.550 e. The Labute approximate surface area is 136 Å². The highest BCUT2D eigenvalue weighted by atomic mass is 32.2. The average Bonchev–Trinajstić information content (AvgIpc) is 2.82. The fourth-order valence-corrected chi connectivity index (χ4v) is 2.55. The van der Waals surface area contributed by atoms with Crippen molar-refractivity contribution < 1.29 is 29.0 Å². The summed E-state index contributed by atoms with van der Waals surface area (Å²) in [6, 6.07) is 5.03. The van der Waals surface area contributed by atoms with Crippen LogP contribution >= 0.6 is 11.8 Å². The number of carbonyl (C=O) groups excluding carboxylic acids is 3. The predicted molar refractivity (Wildman–Crippen MR) is 81.8 cm³/mol. The first-order valence-electron chi connectivity index (χ1n) is 6.75. The van der Waals surface area contributed by atoms with Crippen molar-refractivity contribution in [1.29, 1.82) is 0 Å². The number of ether oxygens (including phenoxy) is 2. The predicted octanol–water partition coefficient (Wildman–Crippen LogP) is 0.928. The van der Waals surface area contributed by atoms with Crippen LogP contribution in [0, 0.1) is 0 Å². The van der Waals surface area contributed by atoms with Gasteiger partial charge in [0, 0.05) is 5.97 Å². The summed E-state index contributed by atoms with van der Waals surface area (Å²) in [5.41, 5.74) is 0.677. The summed E-state index contributed by atoms with van der Waals surface area (Å²) in [5.74, 6) is -0.638. The number of benzene rings is 1. The van der Waals surface area contributed by atoms with Gasteiger partial charge in [-0.1, -0.05) is 6.07 Å². The maximum absolute atomic E-state index is 11.5. The topological polar surface area (TPSA) is 105 Å². The fraction of sp³-hybridized carbons (Fsp3) is 0.267. The van der Waals surface area contributed by atoms with Gasteiger partial charge in [0.1, 0.15) is 0 Å². The van der Waals surface area contributed by atoms with Crippen LogP contribution in [0.15, 0.2) is 23.1 Å². The van der Waals surface area contributed by atoms with E-state index < -0.39 is 17.1 Å². The molecule has 1 aromatic carbocycles. The highest BCUT2D eigenvalue weighted by molar-refractivity contribution is 8.18. The molecule has 2 amide bonds. The van der Waals surface area contributed by atoms with Gasteiger partial charge >= 0.3 is 0 Å². The van der Waals surface area contributed by atoms with Crippen LogP contribution in [0.25, 0.3) is 6.08 Å². The molecule has 0 spiro atoms. The molecule has 0 saturated carbocycles. The molecule has 1 fully saturated rings. The molecule has 0 bridgehead atoms. The van der Waals surface area contributed by atoms with Gasteiger partial charge in [0.25, 0.3) is 11.1 Å². The second-order valence-electron chi connectivity index (χ2n) is 4.59. The lowest BCUT2D eigenvalue weighted by molar-refractivity contribution is -0.305. The van der Waals surface area contributed by atoms with E-state index in [2.05, 4.69) is 5.32 Å². The molecule has 1 saturated heterocycles. The van der Waals surface area contributed by atoms with E-state index in [1.54, 1.807) is 24.3 Å². The van der Waals surface area contributed by atoms with Crippen LogP contribution in [0.2, 0.25) is 0 Å². The molecule has 0 radical (unpaired) electrons. The summed E-state index contributed by atoms with van der Waals surface area (Å²) < 4.78 is 10.7. The highest BCUT2D eigenvalue weighted by Gasteiger charge is 2.25. The van der Waals surface area contributed by atoms with E-state index in [1.807, 2.05) is 0 Å². The van der Waals surface area contributed by atoms with Crippen molar-refractivity contribution in [3.8, 4) is 11.5 Å². The Morgan fingerprint density at radius 2 is 2.13 bits per heavy atom. The molecule has 0 atom stereocenters. The minimum absolute atomic E-state index is 0.0765. The molecule has 0 aromatic heterocycles. The number of hydrogen-bond acceptors (Lipinski definition) is 7. The normalized spacial score (nSPS) is 15.6. The highest BCUT2D eigenvalue weighted by Crippen LogP contribution is 2.31. The molecule has 1 N–H and O–H groups in total. The second kappa shape index (κ2) is 7.68. The Hall–Kier alpha value is -2.48. The van der Waals surface area contributed by atoms with Gasteiger partial charge in [0.2, 0.25) is 0 Å². The zero-order valence-electron chi connectivity index (χ0n) is 12.3. The number of carbonyl (C=O) groups is 3. The third-order valence-corrected chi connectivity index (χ3v) is 3.72. The first-order chi connectivity index (χ1) is 11.0. The van der Waals surface area contributed by atoms with E-state index in [1.165, 1.54) is 7.11 Å². The Kier molecular flexibility index (Phi) is 5.64. The quantitative estimate of drug-likeness (QED) is 0.583. The van der Waals surface area contributed by atoms with Gasteiger partial charge in [-0.3, -0.25) is 14.9 Å². The number of rotatable bonds is 7. The second-order valence-corrected chi connectivity index (χ2v) is 5.60. The van der Waals surface area contributed by atoms with Crippen LogP contribution < -0.4 is 19.9 Å². The Morgan fingerprint density at radius 3 is 2.74 bits per heavy atom. The first-order valence-corrected chi connectivity index (χ1v) is 7.57. The van der Waals surface area contributed by atoms with E-state index in [9.17, 15) is 19.5 Å². The van der Waals surface area contributed by atoms with Crippen LogP contribution in [0.1, 0.15) is 18.4 Å². The number of thioether (sulfide) groups is 1. The van der Waals surface area contributed by atoms with Crippen molar-refractivity contribution in [3.05, 3.63) is 28.7 Å². The summed E-state index contributed by atoms with van der Waals surface area (Å²) >= 11 is 0.834. The smallest absolute Gasteiger partial charge is 0.290 e. The summed E-state index contributed by atoms with van der Waals surface area (Å²) in [5, 5.41) is 12.1. The molecule has 7 nitrogen and oxygen atoms in total. The fourth-order valence-electron chi connectivity index (χ4n) is 1.86. The Balaban J connectivity index is 2.07. The van der Waals surface area contributed by atoms with Crippen molar-refractivity contribution in [3.63, 3.8) is 0 Å². The van der Waals surface area contributed by atoms with Crippen molar-refractivity contribution in [2.75, 3.05) is 13.7 Å². The molecule has 23 heavy (non-hydrogen) atoms. The largest absolute Gasteiger partial charge is 0.550 e. The van der Waals surface area contributed by atoms with Gasteiger partial charge in [0.15, 0.2) is 11.5 Å². The van der Waals surface area contributed by atoms with Crippen LogP contribution in [-0.4, -0.2) is 30.8 Å². The summed E-state index contributed by atoms with van der Waals surface area (Å²) in [7, 11) is 1.47. The molecule has 1 heterocycles. The van der Waals surface area contributed by atoms with E-state index in [-0.39, 0.29) is 13.0 Å². The van der Waals surface area contributed by atoms with Crippen molar-refractivity contribution >= 4 is 35.0 Å². The molecule has 1 aromatic rings. The molecule has 2 rings (SSSR count). The first kappa shape index (κ1) is 16.9. The number of imide groups is 1. The lowest BCUT2D eigenvalue weighted by Gasteiger charge is -2.11. The van der Waals surface area contributed by atoms with Crippen molar-refractivity contribution in [1.82, 2.24) is 5.32 Å². The number of amides is 2. The lowest BCUT2D eigenvalue weighted by Crippen LogP contribution is -2.22. The summed E-state index contributed by atoms with van der Waals surface area (Å²) in [4.78, 5) is 33.3. The number of carboxylic acid groups (broad SMARTS) is 1. The van der Waals surface area contributed by atoms with E-state index in [0.29, 0.717) is 28.4 Å². The van der Waals surface area contributed by atoms with Gasteiger partial charge in [-0.25, -0.2) is 0 Å². The van der Waals surface area contributed by atoms with E-state index in [4.69, 9.17) is 9.47 Å². The maximum atomic E-state index is 11.5. The monoisotopic (exact) mass is 336 g/mol. The third kappa shape index (κ3) is 4.75. The Bertz CT molecular complexity index is 670. The number of methoxy groups -OCH3 is 1. The molecule has 1 aliphatic heterocycles. The SMILES string of the molecule is COc1cc(/C=C2/SC(=O)NC2=O)ccc1OCCCC(=O)[O-]. The number of carboxylic acids is 1. The van der Waals surface area contributed by atoms with Gasteiger partial charge in [-0.15, -0.1) is 0 Å². The molecule has 8 heteroatoms. The van der Waals surface area contributed by atoms with Crippen LogP contribution in [-0.2, 0) is 9.59 Å². The number of nitrogens with one attached hydrogen (secondary N) is 1. The molecule has 0 unspecified atom stereocenters. The number of aliphatic carboxylic acids is 1. The van der Waals surface area contributed by atoms with Gasteiger partial charge in [0.05, 0.1) is 18.6 Å².